The molecule has 0 fully saturated rings. The van der Waals surface area contributed by atoms with Crippen LogP contribution in [0.15, 0.2) is 21.0 Å². The fourth-order valence-electron chi connectivity index (χ4n) is 2.12. The van der Waals surface area contributed by atoms with Crippen molar-refractivity contribution in [1.82, 2.24) is 0 Å². The largest absolute Gasteiger partial charge is 0.302 e. The number of hydrogen-bond donors (Lipinski definition) is 0. The first-order chi connectivity index (χ1) is 9.15. The molecular weight excluding hydrogens is 296 g/mol. The smallest absolute Gasteiger partial charge is 0.222 e. The van der Waals surface area contributed by atoms with Crippen molar-refractivity contribution in [3.8, 4) is 0 Å². The molecule has 20 heavy (non-hydrogen) atoms. The number of thioether (sulfide) groups is 2. The Labute approximate surface area is 125 Å². The minimum absolute atomic E-state index is 0.216. The van der Waals surface area contributed by atoms with Crippen LogP contribution in [0.25, 0.3) is 0 Å². The van der Waals surface area contributed by atoms with Crippen LogP contribution in [0, 0.1) is 10.8 Å². The summed E-state index contributed by atoms with van der Waals surface area (Å²) in [6.07, 6.45) is 1.43. The molecule has 0 saturated carbocycles. The van der Waals surface area contributed by atoms with Gasteiger partial charge < -0.3 is 9.59 Å². The molecule has 0 aliphatic carbocycles. The van der Waals surface area contributed by atoms with Crippen LogP contribution in [-0.4, -0.2) is 22.8 Å². The van der Waals surface area contributed by atoms with Crippen molar-refractivity contribution in [2.45, 2.75) is 27.7 Å². The minimum atomic E-state index is -0.935. The fourth-order valence-corrected chi connectivity index (χ4v) is 5.11. The van der Waals surface area contributed by atoms with Crippen molar-refractivity contribution < 1.29 is 19.2 Å². The van der Waals surface area contributed by atoms with Crippen LogP contribution in [0.2, 0.25) is 0 Å². The van der Waals surface area contributed by atoms with Gasteiger partial charge in [-0.3, -0.25) is 9.59 Å². The Morgan fingerprint density at radius 1 is 0.750 bits per heavy atom. The molecular formula is C14H14O4S2. The average molecular weight is 310 g/mol. The van der Waals surface area contributed by atoms with Crippen LogP contribution >= 0.6 is 23.5 Å². The molecule has 0 aromatic heterocycles. The maximum Gasteiger partial charge on any atom is 0.222 e. The summed E-state index contributed by atoms with van der Waals surface area (Å²) in [7, 11) is 0. The molecule has 0 aromatic rings. The Bertz CT molecular complexity index is 555. The summed E-state index contributed by atoms with van der Waals surface area (Å²) in [4.78, 5) is 47.8. The van der Waals surface area contributed by atoms with Gasteiger partial charge in [-0.15, -0.1) is 0 Å². The molecule has 6 heteroatoms. The van der Waals surface area contributed by atoms with Crippen molar-refractivity contribution in [2.75, 3.05) is 0 Å². The van der Waals surface area contributed by atoms with E-state index in [1.54, 1.807) is 27.7 Å². The van der Waals surface area contributed by atoms with E-state index >= 15 is 0 Å². The standard InChI is InChI=1S/C14H14O4S2/c1-13(2,5-15)7-9-10(20-11(7)17)8(12(18)19-9)14(3,4)6-16/h5-6H,1-4H3. The maximum absolute atomic E-state index is 12.2. The Kier molecular flexibility index (Phi) is 3.59. The van der Waals surface area contributed by atoms with E-state index in [-0.39, 0.29) is 10.2 Å². The zero-order valence-corrected chi connectivity index (χ0v) is 13.2. The third-order valence-corrected chi connectivity index (χ3v) is 5.47. The Morgan fingerprint density at radius 2 is 1.05 bits per heavy atom. The van der Waals surface area contributed by atoms with E-state index in [0.717, 1.165) is 23.5 Å². The lowest BCUT2D eigenvalue weighted by Gasteiger charge is -2.18. The van der Waals surface area contributed by atoms with E-state index in [2.05, 4.69) is 0 Å². The molecule has 0 N–H and O–H groups in total. The number of hydrogen-bond acceptors (Lipinski definition) is 6. The van der Waals surface area contributed by atoms with Gasteiger partial charge in [-0.1, -0.05) is 0 Å². The molecule has 0 saturated heterocycles. The van der Waals surface area contributed by atoms with E-state index < -0.39 is 10.8 Å². The van der Waals surface area contributed by atoms with Crippen LogP contribution in [0.5, 0.6) is 0 Å². The van der Waals surface area contributed by atoms with Crippen molar-refractivity contribution in [3.63, 3.8) is 0 Å². The molecule has 0 spiro atoms. The Balaban J connectivity index is 2.69. The average Bonchev–Trinajstić information content (AvgIpc) is 2.81. The quantitative estimate of drug-likeness (QED) is 0.743. The van der Waals surface area contributed by atoms with E-state index in [0.29, 0.717) is 33.5 Å². The molecule has 0 unspecified atom stereocenters. The topological polar surface area (TPSA) is 68.3 Å². The van der Waals surface area contributed by atoms with Gasteiger partial charge >= 0.3 is 0 Å². The molecule has 0 bridgehead atoms. The fraction of sp³-hybridized carbons (Fsp3) is 0.429. The third-order valence-electron chi connectivity index (χ3n) is 3.34. The zero-order valence-electron chi connectivity index (χ0n) is 11.6. The maximum atomic E-state index is 12.2. The SMILES string of the molecule is CC(C)(C=O)C1=C2SC(=O)C(C(C)(C)C=O)=C2SC1=O. The first-order valence-corrected chi connectivity index (χ1v) is 7.66. The van der Waals surface area contributed by atoms with Gasteiger partial charge in [0.05, 0.1) is 10.8 Å². The van der Waals surface area contributed by atoms with Crippen LogP contribution in [-0.2, 0) is 19.2 Å². The van der Waals surface area contributed by atoms with Crippen molar-refractivity contribution >= 4 is 46.3 Å². The van der Waals surface area contributed by atoms with E-state index in [1.807, 2.05) is 0 Å². The number of carbonyl (C=O) groups is 4. The van der Waals surface area contributed by atoms with Crippen molar-refractivity contribution in [2.24, 2.45) is 10.8 Å². The second-order valence-electron chi connectivity index (χ2n) is 5.87. The molecule has 0 amide bonds. The van der Waals surface area contributed by atoms with E-state index in [4.69, 9.17) is 0 Å². The Hall–Kier alpha value is -1.14. The van der Waals surface area contributed by atoms with Gasteiger partial charge in [0.25, 0.3) is 0 Å². The van der Waals surface area contributed by atoms with Gasteiger partial charge in [0, 0.05) is 21.0 Å². The highest BCUT2D eigenvalue weighted by Gasteiger charge is 2.48. The lowest BCUT2D eigenvalue weighted by molar-refractivity contribution is -0.116. The molecule has 2 aliphatic rings. The van der Waals surface area contributed by atoms with E-state index in [9.17, 15) is 19.2 Å². The van der Waals surface area contributed by atoms with Crippen LogP contribution in [0.1, 0.15) is 27.7 Å². The normalized spacial score (nSPS) is 19.8. The Morgan fingerprint density at radius 3 is 1.30 bits per heavy atom. The third kappa shape index (κ3) is 2.11. The number of carbonyl (C=O) groups excluding carboxylic acids is 4. The summed E-state index contributed by atoms with van der Waals surface area (Å²) in [5.74, 6) is 0. The lowest BCUT2D eigenvalue weighted by Crippen LogP contribution is -2.21. The summed E-state index contributed by atoms with van der Waals surface area (Å²) in [6.45, 7) is 6.60. The summed E-state index contributed by atoms with van der Waals surface area (Å²) in [5, 5.41) is -0.433. The van der Waals surface area contributed by atoms with Gasteiger partial charge in [-0.05, 0) is 51.2 Å². The molecule has 0 radical (unpaired) electrons. The van der Waals surface area contributed by atoms with Crippen molar-refractivity contribution in [1.29, 1.82) is 0 Å². The van der Waals surface area contributed by atoms with Gasteiger partial charge in [-0.25, -0.2) is 0 Å². The van der Waals surface area contributed by atoms with Gasteiger partial charge in [0.15, 0.2) is 0 Å². The highest BCUT2D eigenvalue weighted by molar-refractivity contribution is 8.24. The first-order valence-electron chi connectivity index (χ1n) is 6.02. The van der Waals surface area contributed by atoms with Gasteiger partial charge in [-0.2, -0.15) is 0 Å². The summed E-state index contributed by atoms with van der Waals surface area (Å²) < 4.78 is 0. The molecule has 2 heterocycles. The number of fused-ring (bicyclic) bond motifs is 1. The number of aldehydes is 2. The summed E-state index contributed by atoms with van der Waals surface area (Å²) in [5.41, 5.74) is -1.14. The van der Waals surface area contributed by atoms with Crippen LogP contribution in [0.3, 0.4) is 0 Å². The molecule has 0 aromatic carbocycles. The van der Waals surface area contributed by atoms with E-state index in [1.165, 1.54) is 0 Å². The number of rotatable bonds is 4. The lowest BCUT2D eigenvalue weighted by atomic mass is 9.83. The molecule has 2 aliphatic heterocycles. The molecule has 2 rings (SSSR count). The predicted molar refractivity (Wildman–Crippen MR) is 78.9 cm³/mol. The highest BCUT2D eigenvalue weighted by Crippen LogP contribution is 2.57. The predicted octanol–water partition coefficient (Wildman–Crippen LogP) is 2.49. The van der Waals surface area contributed by atoms with Crippen molar-refractivity contribution in [3.05, 3.63) is 21.0 Å². The molecule has 4 nitrogen and oxygen atoms in total. The molecule has 0 atom stereocenters. The molecule has 106 valence electrons. The van der Waals surface area contributed by atoms with Crippen LogP contribution < -0.4 is 0 Å². The zero-order chi connectivity index (χ0) is 15.3. The second-order valence-corrected chi connectivity index (χ2v) is 7.83. The van der Waals surface area contributed by atoms with Gasteiger partial charge in [0.1, 0.15) is 12.6 Å². The minimum Gasteiger partial charge on any atom is -0.302 e. The van der Waals surface area contributed by atoms with Gasteiger partial charge in [0.2, 0.25) is 10.2 Å². The first kappa shape index (κ1) is 15.3. The highest BCUT2D eigenvalue weighted by atomic mass is 32.2. The summed E-state index contributed by atoms with van der Waals surface area (Å²) in [6, 6.07) is 0. The monoisotopic (exact) mass is 310 g/mol. The summed E-state index contributed by atoms with van der Waals surface area (Å²) >= 11 is 1.90. The van der Waals surface area contributed by atoms with Crippen LogP contribution in [0.4, 0.5) is 0 Å². The second kappa shape index (κ2) is 4.70.